The molecule has 0 aliphatic carbocycles. The molecule has 2 saturated heterocycles. The lowest BCUT2D eigenvalue weighted by Gasteiger charge is -2.33. The van der Waals surface area contributed by atoms with Gasteiger partial charge in [-0.2, -0.15) is 5.10 Å². The maximum Gasteiger partial charge on any atom is 0.259 e. The van der Waals surface area contributed by atoms with Crippen LogP contribution in [0.15, 0.2) is 18.5 Å². The third-order valence-electron chi connectivity index (χ3n) is 5.37. The average molecular weight is 313 g/mol. The molecule has 2 aliphatic rings. The largest absolute Gasteiger partial charge is 0.334 e. The van der Waals surface area contributed by atoms with Gasteiger partial charge < -0.3 is 9.80 Å². The average Bonchev–Trinajstić information content (AvgIpc) is 3.23. The van der Waals surface area contributed by atoms with Crippen molar-refractivity contribution < 1.29 is 4.79 Å². The van der Waals surface area contributed by atoms with Gasteiger partial charge in [-0.25, -0.2) is 9.50 Å². The first-order valence-corrected chi connectivity index (χ1v) is 8.48. The van der Waals surface area contributed by atoms with E-state index in [4.69, 9.17) is 0 Å². The lowest BCUT2D eigenvalue weighted by Crippen LogP contribution is -2.47. The number of carbonyl (C=O) groups is 1. The van der Waals surface area contributed by atoms with E-state index >= 15 is 0 Å². The van der Waals surface area contributed by atoms with Crippen molar-refractivity contribution in [3.05, 3.63) is 29.7 Å². The third-order valence-corrected chi connectivity index (χ3v) is 5.37. The third kappa shape index (κ3) is 2.32. The van der Waals surface area contributed by atoms with Crippen LogP contribution in [0, 0.1) is 6.92 Å². The first kappa shape index (κ1) is 14.6. The van der Waals surface area contributed by atoms with E-state index in [2.05, 4.69) is 26.9 Å². The molecule has 4 rings (SSSR count). The number of likely N-dealkylation sites (tertiary alicyclic amines) is 2. The summed E-state index contributed by atoms with van der Waals surface area (Å²) in [4.78, 5) is 22.1. The van der Waals surface area contributed by atoms with Crippen LogP contribution in [0.25, 0.3) is 5.65 Å². The van der Waals surface area contributed by atoms with Crippen molar-refractivity contribution in [2.24, 2.45) is 0 Å². The van der Waals surface area contributed by atoms with Gasteiger partial charge >= 0.3 is 0 Å². The van der Waals surface area contributed by atoms with Crippen LogP contribution >= 0.6 is 0 Å². The van der Waals surface area contributed by atoms with Crippen LogP contribution < -0.4 is 0 Å². The van der Waals surface area contributed by atoms with Crippen molar-refractivity contribution in [1.82, 2.24) is 24.4 Å². The van der Waals surface area contributed by atoms with Crippen molar-refractivity contribution in [1.29, 1.82) is 0 Å². The summed E-state index contributed by atoms with van der Waals surface area (Å²) in [6, 6.07) is 2.66. The molecular formula is C17H23N5O. The minimum atomic E-state index is 0.0963. The number of hydrogen-bond acceptors (Lipinski definition) is 4. The Balaban J connectivity index is 1.68. The summed E-state index contributed by atoms with van der Waals surface area (Å²) in [5.74, 6) is 0.0963. The summed E-state index contributed by atoms with van der Waals surface area (Å²) < 4.78 is 1.70. The molecule has 1 amide bonds. The zero-order valence-electron chi connectivity index (χ0n) is 13.8. The van der Waals surface area contributed by atoms with Gasteiger partial charge in [-0.3, -0.25) is 4.79 Å². The molecule has 0 spiro atoms. The molecule has 2 aromatic heterocycles. The van der Waals surface area contributed by atoms with Crippen molar-refractivity contribution in [2.45, 2.75) is 44.7 Å². The van der Waals surface area contributed by atoms with Gasteiger partial charge in [0.05, 0.1) is 5.69 Å². The fourth-order valence-corrected chi connectivity index (χ4v) is 4.26. The lowest BCUT2D eigenvalue weighted by atomic mass is 10.0. The summed E-state index contributed by atoms with van der Waals surface area (Å²) in [7, 11) is 2.18. The molecule has 4 heterocycles. The molecule has 6 heteroatoms. The van der Waals surface area contributed by atoms with E-state index < -0.39 is 0 Å². The lowest BCUT2D eigenvalue weighted by molar-refractivity contribution is 0.0665. The van der Waals surface area contributed by atoms with E-state index in [1.165, 1.54) is 12.8 Å². The number of carbonyl (C=O) groups excluding carboxylic acids is 1. The Kier molecular flexibility index (Phi) is 3.56. The Labute approximate surface area is 136 Å². The fraction of sp³-hybridized carbons (Fsp3) is 0.588. The molecule has 0 radical (unpaired) electrons. The topological polar surface area (TPSA) is 53.7 Å². The highest BCUT2D eigenvalue weighted by atomic mass is 16.2. The Morgan fingerprint density at radius 2 is 2.00 bits per heavy atom. The van der Waals surface area contributed by atoms with E-state index in [9.17, 15) is 4.79 Å². The maximum absolute atomic E-state index is 13.2. The molecule has 0 unspecified atom stereocenters. The number of nitrogens with zero attached hydrogens (tertiary/aromatic N) is 5. The molecular weight excluding hydrogens is 290 g/mol. The van der Waals surface area contributed by atoms with Gasteiger partial charge in [-0.1, -0.05) is 0 Å². The van der Waals surface area contributed by atoms with Gasteiger partial charge in [0, 0.05) is 31.0 Å². The molecule has 0 N–H and O–H groups in total. The first-order chi connectivity index (χ1) is 11.2. The number of aromatic nitrogens is 3. The van der Waals surface area contributed by atoms with Gasteiger partial charge in [0.25, 0.3) is 5.91 Å². The number of likely N-dealkylation sites (N-methyl/N-ethyl adjacent to an activating group) is 1. The predicted octanol–water partition coefficient (Wildman–Crippen LogP) is 1.74. The molecule has 0 saturated carbocycles. The highest BCUT2D eigenvalue weighted by Crippen LogP contribution is 2.31. The van der Waals surface area contributed by atoms with Gasteiger partial charge in [0.2, 0.25) is 0 Å². The number of amides is 1. The van der Waals surface area contributed by atoms with Crippen LogP contribution in [0.4, 0.5) is 0 Å². The normalized spacial score (nSPS) is 25.6. The molecule has 2 aromatic rings. The van der Waals surface area contributed by atoms with Gasteiger partial charge in [-0.05, 0) is 52.3 Å². The minimum Gasteiger partial charge on any atom is -0.334 e. The monoisotopic (exact) mass is 313 g/mol. The van der Waals surface area contributed by atoms with Gasteiger partial charge in [0.15, 0.2) is 5.65 Å². The van der Waals surface area contributed by atoms with E-state index in [-0.39, 0.29) is 5.91 Å². The summed E-state index contributed by atoms with van der Waals surface area (Å²) in [6.07, 6.45) is 8.19. The van der Waals surface area contributed by atoms with Crippen LogP contribution in [0.5, 0.6) is 0 Å². The van der Waals surface area contributed by atoms with Crippen LogP contribution in [0.2, 0.25) is 0 Å². The molecule has 122 valence electrons. The number of rotatable bonds is 2. The molecule has 23 heavy (non-hydrogen) atoms. The summed E-state index contributed by atoms with van der Waals surface area (Å²) >= 11 is 0. The van der Waals surface area contributed by atoms with Gasteiger partial charge in [0.1, 0.15) is 5.56 Å². The second-order valence-electron chi connectivity index (χ2n) is 6.75. The highest BCUT2D eigenvalue weighted by Gasteiger charge is 2.39. The molecule has 6 nitrogen and oxygen atoms in total. The Morgan fingerprint density at radius 1 is 1.22 bits per heavy atom. The Bertz CT molecular complexity index is 740. The van der Waals surface area contributed by atoms with Crippen molar-refractivity contribution in [2.75, 3.05) is 20.1 Å². The number of hydrogen-bond donors (Lipinski definition) is 0. The molecule has 2 aliphatic heterocycles. The number of aryl methyl sites for hydroxylation is 1. The molecule has 0 aromatic carbocycles. The molecule has 0 bridgehead atoms. The van der Waals surface area contributed by atoms with Crippen LogP contribution in [0.1, 0.15) is 41.7 Å². The van der Waals surface area contributed by atoms with E-state index in [0.717, 1.165) is 31.6 Å². The van der Waals surface area contributed by atoms with E-state index in [1.807, 2.05) is 19.2 Å². The van der Waals surface area contributed by atoms with Crippen LogP contribution in [-0.2, 0) is 0 Å². The van der Waals surface area contributed by atoms with Crippen molar-refractivity contribution in [3.63, 3.8) is 0 Å². The number of fused-ring (bicyclic) bond motifs is 1. The summed E-state index contributed by atoms with van der Waals surface area (Å²) in [5, 5.41) is 4.44. The highest BCUT2D eigenvalue weighted by molar-refractivity contribution is 6.01. The molecule has 2 fully saturated rings. The molecule has 2 atom stereocenters. The Hall–Kier alpha value is -1.95. The minimum absolute atomic E-state index is 0.0963. The predicted molar refractivity (Wildman–Crippen MR) is 87.4 cm³/mol. The van der Waals surface area contributed by atoms with E-state index in [1.54, 1.807) is 10.7 Å². The quantitative estimate of drug-likeness (QED) is 0.847. The Morgan fingerprint density at radius 3 is 2.78 bits per heavy atom. The smallest absolute Gasteiger partial charge is 0.259 e. The SMILES string of the molecule is Cc1nn2cccnc2c1C(=O)N1CCC[C@@H]1[C@@H]1CCCN1C. The zero-order chi connectivity index (χ0) is 16.0. The second-order valence-corrected chi connectivity index (χ2v) is 6.75. The zero-order valence-corrected chi connectivity index (χ0v) is 13.8. The standard InChI is InChI=1S/C17H23N5O/c1-12-15(16-18-8-5-11-22(16)19-12)17(23)21-10-4-7-14(21)13-6-3-9-20(13)2/h5,8,11,13-14H,3-4,6-7,9-10H2,1-2H3/t13-,14+/m0/s1. The second kappa shape index (κ2) is 5.60. The van der Waals surface area contributed by atoms with Crippen molar-refractivity contribution >= 4 is 11.6 Å². The van der Waals surface area contributed by atoms with Gasteiger partial charge in [-0.15, -0.1) is 0 Å². The van der Waals surface area contributed by atoms with Crippen LogP contribution in [-0.4, -0.2) is 62.5 Å². The first-order valence-electron chi connectivity index (χ1n) is 8.48. The van der Waals surface area contributed by atoms with Crippen LogP contribution in [0.3, 0.4) is 0 Å². The van der Waals surface area contributed by atoms with E-state index in [0.29, 0.717) is 23.3 Å². The summed E-state index contributed by atoms with van der Waals surface area (Å²) in [5.41, 5.74) is 2.10. The maximum atomic E-state index is 13.2. The summed E-state index contributed by atoms with van der Waals surface area (Å²) in [6.45, 7) is 3.88. The fourth-order valence-electron chi connectivity index (χ4n) is 4.26. The van der Waals surface area contributed by atoms with Crippen molar-refractivity contribution in [3.8, 4) is 0 Å².